The van der Waals surface area contributed by atoms with Gasteiger partial charge in [-0.25, -0.2) is 0 Å². The van der Waals surface area contributed by atoms with Crippen molar-refractivity contribution in [1.29, 1.82) is 0 Å². The molecule has 0 bridgehead atoms. The first-order valence-corrected chi connectivity index (χ1v) is 7.34. The SMILES string of the molecule is O=C(O)[C@H]1Cc2cc([N+](=O)[O-])ccc2N2CCCCC[C@H]12. The van der Waals surface area contributed by atoms with E-state index in [-0.39, 0.29) is 11.7 Å². The number of rotatable bonds is 2. The van der Waals surface area contributed by atoms with Crippen molar-refractivity contribution in [2.75, 3.05) is 11.4 Å². The van der Waals surface area contributed by atoms with Crippen LogP contribution in [0.15, 0.2) is 18.2 Å². The number of hydrogen-bond donors (Lipinski definition) is 1. The van der Waals surface area contributed by atoms with E-state index >= 15 is 0 Å². The number of hydrogen-bond acceptors (Lipinski definition) is 4. The largest absolute Gasteiger partial charge is 0.481 e. The minimum atomic E-state index is -0.802. The number of carbonyl (C=O) groups is 1. The summed E-state index contributed by atoms with van der Waals surface area (Å²) >= 11 is 0. The molecule has 1 saturated heterocycles. The molecule has 0 spiro atoms. The minimum Gasteiger partial charge on any atom is -0.481 e. The zero-order valence-corrected chi connectivity index (χ0v) is 11.7. The molecule has 6 nitrogen and oxygen atoms in total. The first kappa shape index (κ1) is 13.9. The predicted octanol–water partition coefficient (Wildman–Crippen LogP) is 2.60. The molecule has 0 amide bonds. The van der Waals surface area contributed by atoms with Crippen molar-refractivity contribution < 1.29 is 14.8 Å². The van der Waals surface area contributed by atoms with E-state index in [1.807, 2.05) is 0 Å². The van der Waals surface area contributed by atoms with E-state index in [0.717, 1.165) is 43.5 Å². The van der Waals surface area contributed by atoms with Crippen LogP contribution in [0.3, 0.4) is 0 Å². The van der Waals surface area contributed by atoms with Gasteiger partial charge in [0.15, 0.2) is 0 Å². The van der Waals surface area contributed by atoms with E-state index < -0.39 is 16.8 Å². The van der Waals surface area contributed by atoms with Gasteiger partial charge in [-0.2, -0.15) is 0 Å². The van der Waals surface area contributed by atoms with Crippen molar-refractivity contribution in [3.8, 4) is 0 Å². The lowest BCUT2D eigenvalue weighted by molar-refractivity contribution is -0.384. The van der Waals surface area contributed by atoms with Gasteiger partial charge >= 0.3 is 5.97 Å². The Morgan fingerprint density at radius 3 is 2.86 bits per heavy atom. The molecule has 1 aromatic carbocycles. The predicted molar refractivity (Wildman–Crippen MR) is 77.5 cm³/mol. The number of non-ortho nitro benzene ring substituents is 1. The Balaban J connectivity index is 2.05. The molecular weight excluding hydrogens is 272 g/mol. The van der Waals surface area contributed by atoms with Crippen LogP contribution in [0.25, 0.3) is 0 Å². The highest BCUT2D eigenvalue weighted by Crippen LogP contribution is 2.39. The molecule has 3 rings (SSSR count). The van der Waals surface area contributed by atoms with Gasteiger partial charge in [0, 0.05) is 30.4 Å². The van der Waals surface area contributed by atoms with Crippen LogP contribution in [0.4, 0.5) is 11.4 Å². The van der Waals surface area contributed by atoms with Crippen molar-refractivity contribution in [2.45, 2.75) is 38.1 Å². The van der Waals surface area contributed by atoms with Gasteiger partial charge in [-0.1, -0.05) is 12.8 Å². The Kier molecular flexibility index (Phi) is 3.53. The summed E-state index contributed by atoms with van der Waals surface area (Å²) in [6.07, 6.45) is 4.47. The molecule has 0 saturated carbocycles. The molecule has 21 heavy (non-hydrogen) atoms. The highest BCUT2D eigenvalue weighted by atomic mass is 16.6. The van der Waals surface area contributed by atoms with Crippen molar-refractivity contribution in [3.05, 3.63) is 33.9 Å². The van der Waals surface area contributed by atoms with Crippen LogP contribution in [-0.2, 0) is 11.2 Å². The van der Waals surface area contributed by atoms with Gasteiger partial charge in [0.05, 0.1) is 10.8 Å². The molecule has 0 unspecified atom stereocenters. The Bertz CT molecular complexity index is 587. The number of anilines is 1. The third-order valence-corrected chi connectivity index (χ3v) is 4.60. The summed E-state index contributed by atoms with van der Waals surface area (Å²) in [7, 11) is 0. The second-order valence-electron chi connectivity index (χ2n) is 5.83. The summed E-state index contributed by atoms with van der Waals surface area (Å²) < 4.78 is 0. The van der Waals surface area contributed by atoms with Gasteiger partial charge in [0.1, 0.15) is 0 Å². The summed E-state index contributed by atoms with van der Waals surface area (Å²) in [6.45, 7) is 0.833. The van der Waals surface area contributed by atoms with Gasteiger partial charge in [-0.3, -0.25) is 14.9 Å². The molecule has 1 aromatic rings. The lowest BCUT2D eigenvalue weighted by atomic mass is 9.83. The average molecular weight is 290 g/mol. The quantitative estimate of drug-likeness (QED) is 0.668. The second-order valence-corrected chi connectivity index (χ2v) is 5.83. The average Bonchev–Trinajstić information content (AvgIpc) is 2.71. The number of aliphatic carboxylic acids is 1. The van der Waals surface area contributed by atoms with E-state index in [9.17, 15) is 20.0 Å². The van der Waals surface area contributed by atoms with Crippen molar-refractivity contribution in [2.24, 2.45) is 5.92 Å². The number of nitro groups is 1. The fraction of sp³-hybridized carbons (Fsp3) is 0.533. The highest BCUT2D eigenvalue weighted by molar-refractivity contribution is 5.75. The maximum atomic E-state index is 11.6. The lowest BCUT2D eigenvalue weighted by Gasteiger charge is -2.41. The Labute approximate surface area is 122 Å². The summed E-state index contributed by atoms with van der Waals surface area (Å²) in [6, 6.07) is 4.84. The summed E-state index contributed by atoms with van der Waals surface area (Å²) in [5, 5.41) is 20.4. The Morgan fingerprint density at radius 2 is 2.14 bits per heavy atom. The fourth-order valence-corrected chi connectivity index (χ4v) is 3.61. The molecule has 0 aromatic heterocycles. The fourth-order valence-electron chi connectivity index (χ4n) is 3.61. The summed E-state index contributed by atoms with van der Waals surface area (Å²) in [4.78, 5) is 24.2. The summed E-state index contributed by atoms with van der Waals surface area (Å²) in [5.74, 6) is -1.28. The van der Waals surface area contributed by atoms with Crippen LogP contribution in [-0.4, -0.2) is 28.6 Å². The maximum absolute atomic E-state index is 11.6. The third kappa shape index (κ3) is 2.46. The van der Waals surface area contributed by atoms with Gasteiger partial charge in [0.2, 0.25) is 0 Å². The number of benzene rings is 1. The molecule has 2 atom stereocenters. The van der Waals surface area contributed by atoms with Crippen molar-refractivity contribution >= 4 is 17.3 Å². The van der Waals surface area contributed by atoms with Gasteiger partial charge in [0.25, 0.3) is 5.69 Å². The van der Waals surface area contributed by atoms with Gasteiger partial charge < -0.3 is 10.0 Å². The molecule has 0 aliphatic carbocycles. The highest BCUT2D eigenvalue weighted by Gasteiger charge is 2.39. The number of nitrogens with zero attached hydrogens (tertiary/aromatic N) is 2. The van der Waals surface area contributed by atoms with E-state index in [4.69, 9.17) is 0 Å². The molecule has 2 aliphatic rings. The third-order valence-electron chi connectivity index (χ3n) is 4.60. The topological polar surface area (TPSA) is 83.7 Å². The molecular formula is C15H18N2O4. The minimum absolute atomic E-state index is 0.0129. The van der Waals surface area contributed by atoms with E-state index in [1.54, 1.807) is 6.07 Å². The number of fused-ring (bicyclic) bond motifs is 3. The molecule has 1 fully saturated rings. The molecule has 6 heteroatoms. The van der Waals surface area contributed by atoms with Gasteiger partial charge in [-0.15, -0.1) is 0 Å². The first-order chi connectivity index (χ1) is 10.1. The van der Waals surface area contributed by atoms with E-state index in [0.29, 0.717) is 6.42 Å². The lowest BCUT2D eigenvalue weighted by Crippen LogP contribution is -2.48. The Hall–Kier alpha value is -2.11. The normalized spacial score (nSPS) is 24.7. The van der Waals surface area contributed by atoms with Crippen LogP contribution in [0.5, 0.6) is 0 Å². The molecule has 1 N–H and O–H groups in total. The smallest absolute Gasteiger partial charge is 0.308 e. The number of carboxylic acids is 1. The zero-order chi connectivity index (χ0) is 15.0. The van der Waals surface area contributed by atoms with E-state index in [1.165, 1.54) is 12.1 Å². The number of carboxylic acid groups (broad SMARTS) is 1. The van der Waals surface area contributed by atoms with Crippen LogP contribution in [0.1, 0.15) is 31.2 Å². The standard InChI is InChI=1S/C15H18N2O4/c18-15(19)12-9-10-8-11(17(20)21)5-6-13(10)16-7-3-1-2-4-14(12)16/h5-6,8,12,14H,1-4,7,9H2,(H,18,19)/t12-,14+/m0/s1. The van der Waals surface area contributed by atoms with Crippen molar-refractivity contribution in [3.63, 3.8) is 0 Å². The maximum Gasteiger partial charge on any atom is 0.308 e. The van der Waals surface area contributed by atoms with Crippen molar-refractivity contribution in [1.82, 2.24) is 0 Å². The van der Waals surface area contributed by atoms with Gasteiger partial charge in [-0.05, 0) is 30.9 Å². The zero-order valence-electron chi connectivity index (χ0n) is 11.7. The molecule has 112 valence electrons. The van der Waals surface area contributed by atoms with Crippen LogP contribution in [0, 0.1) is 16.0 Å². The number of nitro benzene ring substituents is 1. The van der Waals surface area contributed by atoms with Crippen LogP contribution >= 0.6 is 0 Å². The summed E-state index contributed by atoms with van der Waals surface area (Å²) in [5.41, 5.74) is 1.80. The van der Waals surface area contributed by atoms with E-state index in [2.05, 4.69) is 4.90 Å². The van der Waals surface area contributed by atoms with Crippen LogP contribution < -0.4 is 4.90 Å². The van der Waals surface area contributed by atoms with Crippen LogP contribution in [0.2, 0.25) is 0 Å². The molecule has 2 aliphatic heterocycles. The Morgan fingerprint density at radius 1 is 1.33 bits per heavy atom. The first-order valence-electron chi connectivity index (χ1n) is 7.34. The molecule has 2 heterocycles. The molecule has 0 radical (unpaired) electrons. The monoisotopic (exact) mass is 290 g/mol. The second kappa shape index (κ2) is 5.35.